The first-order chi connectivity index (χ1) is 18.2. The maximum atomic E-state index is 12.3. The van der Waals surface area contributed by atoms with Gasteiger partial charge in [0.1, 0.15) is 0 Å². The standard InChI is InChI=1S/C27H26BrIN4O5/c1-4-37-22-13-18(14-30-33-27(36)26(35)32-24-16(2)6-5-7-17(24)3)12-21(29)25(22)38-15-23(34)31-20-10-8-19(28)9-11-20/h5-14H,4,15H2,1-3H3,(H,31,34)(H,32,35)(H,33,36)/b30-14-. The summed E-state index contributed by atoms with van der Waals surface area (Å²) in [6, 6.07) is 16.2. The summed E-state index contributed by atoms with van der Waals surface area (Å²) in [5.41, 5.74) is 5.77. The second-order valence-corrected chi connectivity index (χ2v) is 10.1. The fourth-order valence-corrected chi connectivity index (χ4v) is 4.38. The smallest absolute Gasteiger partial charge is 0.329 e. The van der Waals surface area contributed by atoms with E-state index in [0.29, 0.717) is 38.6 Å². The molecule has 0 radical (unpaired) electrons. The molecule has 3 aromatic carbocycles. The number of ether oxygens (including phenoxy) is 2. The fraction of sp³-hybridized carbons (Fsp3) is 0.185. The number of carbonyl (C=O) groups excluding carboxylic acids is 3. The van der Waals surface area contributed by atoms with Crippen molar-refractivity contribution in [3.63, 3.8) is 0 Å². The second-order valence-electron chi connectivity index (χ2n) is 8.03. The molecule has 3 rings (SSSR count). The van der Waals surface area contributed by atoms with Gasteiger partial charge in [0.05, 0.1) is 16.4 Å². The van der Waals surface area contributed by atoms with Gasteiger partial charge in [0.2, 0.25) is 0 Å². The van der Waals surface area contributed by atoms with Gasteiger partial charge in [0.25, 0.3) is 5.91 Å². The SMILES string of the molecule is CCOc1cc(/C=N\NC(=O)C(=O)Nc2c(C)cccc2C)cc(I)c1OCC(=O)Nc1ccc(Br)cc1. The summed E-state index contributed by atoms with van der Waals surface area (Å²) in [6.45, 7) is 5.67. The van der Waals surface area contributed by atoms with E-state index in [-0.39, 0.29) is 12.5 Å². The first kappa shape index (κ1) is 29.1. The topological polar surface area (TPSA) is 118 Å². The molecule has 0 fully saturated rings. The van der Waals surface area contributed by atoms with Crippen molar-refractivity contribution in [2.45, 2.75) is 20.8 Å². The second kappa shape index (κ2) is 13.9. The van der Waals surface area contributed by atoms with Crippen molar-refractivity contribution in [2.24, 2.45) is 5.10 Å². The van der Waals surface area contributed by atoms with E-state index in [2.05, 4.69) is 59.7 Å². The summed E-state index contributed by atoms with van der Waals surface area (Å²) in [5.74, 6) is -1.23. The molecule has 0 unspecified atom stereocenters. The summed E-state index contributed by atoms with van der Waals surface area (Å²) in [6.07, 6.45) is 1.39. The van der Waals surface area contributed by atoms with E-state index in [4.69, 9.17) is 9.47 Å². The van der Waals surface area contributed by atoms with E-state index in [1.165, 1.54) is 6.21 Å². The Hall–Kier alpha value is -3.45. The average Bonchev–Trinajstić information content (AvgIpc) is 2.87. The molecule has 3 aromatic rings. The molecule has 0 aliphatic heterocycles. The Morgan fingerprint density at radius 2 is 1.66 bits per heavy atom. The van der Waals surface area contributed by atoms with Gasteiger partial charge < -0.3 is 20.1 Å². The summed E-state index contributed by atoms with van der Waals surface area (Å²) < 4.78 is 13.0. The number of nitrogens with one attached hydrogen (secondary N) is 3. The quantitative estimate of drug-likeness (QED) is 0.124. The van der Waals surface area contributed by atoms with Gasteiger partial charge in [-0.2, -0.15) is 5.10 Å². The molecule has 0 aliphatic rings. The van der Waals surface area contributed by atoms with E-state index in [0.717, 1.165) is 15.6 Å². The number of anilines is 2. The predicted molar refractivity (Wildman–Crippen MR) is 159 cm³/mol. The lowest BCUT2D eigenvalue weighted by atomic mass is 10.1. The highest BCUT2D eigenvalue weighted by molar-refractivity contribution is 14.1. The van der Waals surface area contributed by atoms with Crippen LogP contribution in [0.1, 0.15) is 23.6 Å². The van der Waals surface area contributed by atoms with E-state index < -0.39 is 11.8 Å². The van der Waals surface area contributed by atoms with Crippen LogP contribution in [0.2, 0.25) is 0 Å². The third-order valence-electron chi connectivity index (χ3n) is 5.11. The maximum Gasteiger partial charge on any atom is 0.329 e. The molecule has 198 valence electrons. The molecule has 0 heterocycles. The van der Waals surface area contributed by atoms with E-state index in [1.54, 1.807) is 24.3 Å². The minimum atomic E-state index is -0.902. The number of amides is 3. The van der Waals surface area contributed by atoms with Crippen LogP contribution in [-0.4, -0.2) is 37.1 Å². The lowest BCUT2D eigenvalue weighted by molar-refractivity contribution is -0.136. The minimum absolute atomic E-state index is 0.217. The fourth-order valence-electron chi connectivity index (χ4n) is 3.33. The van der Waals surface area contributed by atoms with E-state index in [1.807, 2.05) is 51.1 Å². The van der Waals surface area contributed by atoms with Crippen molar-refractivity contribution in [2.75, 3.05) is 23.8 Å². The van der Waals surface area contributed by atoms with Gasteiger partial charge in [0.15, 0.2) is 18.1 Å². The van der Waals surface area contributed by atoms with Gasteiger partial charge in [0, 0.05) is 15.8 Å². The molecular formula is C27H26BrIN4O5. The summed E-state index contributed by atoms with van der Waals surface area (Å²) in [4.78, 5) is 36.9. The molecule has 0 bridgehead atoms. The van der Waals surface area contributed by atoms with Crippen molar-refractivity contribution < 1.29 is 23.9 Å². The van der Waals surface area contributed by atoms with E-state index >= 15 is 0 Å². The third-order valence-corrected chi connectivity index (χ3v) is 6.44. The predicted octanol–water partition coefficient (Wildman–Crippen LogP) is 5.18. The molecule has 3 N–H and O–H groups in total. The molecule has 0 aliphatic carbocycles. The van der Waals surface area contributed by atoms with Gasteiger partial charge in [-0.25, -0.2) is 5.43 Å². The zero-order valence-corrected chi connectivity index (χ0v) is 24.7. The number of nitrogens with zero attached hydrogens (tertiary/aromatic N) is 1. The molecule has 0 atom stereocenters. The Morgan fingerprint density at radius 3 is 2.32 bits per heavy atom. The van der Waals surface area contributed by atoms with Gasteiger partial charge in [-0.3, -0.25) is 14.4 Å². The summed E-state index contributed by atoms with van der Waals surface area (Å²) >= 11 is 5.42. The largest absolute Gasteiger partial charge is 0.490 e. The van der Waals surface area contributed by atoms with Gasteiger partial charge in [-0.1, -0.05) is 34.1 Å². The Morgan fingerprint density at radius 1 is 0.974 bits per heavy atom. The number of rotatable bonds is 9. The van der Waals surface area contributed by atoms with Crippen molar-refractivity contribution in [1.29, 1.82) is 0 Å². The molecule has 0 aromatic heterocycles. The Balaban J connectivity index is 1.62. The number of hydrogen-bond donors (Lipinski definition) is 3. The number of hydrogen-bond acceptors (Lipinski definition) is 6. The van der Waals surface area contributed by atoms with Crippen LogP contribution in [0.15, 0.2) is 64.2 Å². The van der Waals surface area contributed by atoms with Crippen LogP contribution in [0.4, 0.5) is 11.4 Å². The monoisotopic (exact) mass is 692 g/mol. The third kappa shape index (κ3) is 8.28. The lowest BCUT2D eigenvalue weighted by Crippen LogP contribution is -2.32. The molecule has 0 spiro atoms. The van der Waals surface area contributed by atoms with Crippen LogP contribution in [0, 0.1) is 17.4 Å². The van der Waals surface area contributed by atoms with Crippen LogP contribution in [-0.2, 0) is 14.4 Å². The number of halogens is 2. The minimum Gasteiger partial charge on any atom is -0.490 e. The highest BCUT2D eigenvalue weighted by Crippen LogP contribution is 2.34. The van der Waals surface area contributed by atoms with Gasteiger partial charge >= 0.3 is 11.8 Å². The molecule has 11 heteroatoms. The van der Waals surface area contributed by atoms with Gasteiger partial charge in [-0.05, 0) is 96.5 Å². The summed E-state index contributed by atoms with van der Waals surface area (Å²) in [5, 5.41) is 9.28. The molecular weight excluding hydrogens is 667 g/mol. The van der Waals surface area contributed by atoms with Crippen LogP contribution in [0.5, 0.6) is 11.5 Å². The van der Waals surface area contributed by atoms with Crippen LogP contribution in [0.25, 0.3) is 0 Å². The zero-order valence-electron chi connectivity index (χ0n) is 20.9. The van der Waals surface area contributed by atoms with Crippen LogP contribution in [0.3, 0.4) is 0 Å². The van der Waals surface area contributed by atoms with Crippen LogP contribution < -0.4 is 25.5 Å². The summed E-state index contributed by atoms with van der Waals surface area (Å²) in [7, 11) is 0. The lowest BCUT2D eigenvalue weighted by Gasteiger charge is -2.14. The molecule has 38 heavy (non-hydrogen) atoms. The highest BCUT2D eigenvalue weighted by atomic mass is 127. The number of benzene rings is 3. The normalized spacial score (nSPS) is 10.7. The Kier molecular flexibility index (Phi) is 10.7. The van der Waals surface area contributed by atoms with Gasteiger partial charge in [-0.15, -0.1) is 0 Å². The molecule has 3 amide bonds. The Labute approximate surface area is 242 Å². The molecule has 0 saturated heterocycles. The Bertz CT molecular complexity index is 1340. The zero-order chi connectivity index (χ0) is 27.7. The number of para-hydroxylation sites is 1. The first-order valence-electron chi connectivity index (χ1n) is 11.5. The highest BCUT2D eigenvalue weighted by Gasteiger charge is 2.16. The van der Waals surface area contributed by atoms with Crippen molar-refractivity contribution in [3.8, 4) is 11.5 Å². The van der Waals surface area contributed by atoms with Crippen molar-refractivity contribution >= 4 is 73.8 Å². The number of hydrazone groups is 1. The van der Waals surface area contributed by atoms with Crippen molar-refractivity contribution in [1.82, 2.24) is 5.43 Å². The first-order valence-corrected chi connectivity index (χ1v) is 13.4. The number of carbonyl (C=O) groups is 3. The number of aryl methyl sites for hydroxylation is 2. The average molecular weight is 693 g/mol. The van der Waals surface area contributed by atoms with E-state index in [9.17, 15) is 14.4 Å². The van der Waals surface area contributed by atoms with Crippen LogP contribution >= 0.6 is 38.5 Å². The van der Waals surface area contributed by atoms with Crippen molar-refractivity contribution in [3.05, 3.63) is 79.3 Å². The molecule has 0 saturated carbocycles. The maximum absolute atomic E-state index is 12.3. The molecule has 9 nitrogen and oxygen atoms in total.